The van der Waals surface area contributed by atoms with Gasteiger partial charge < -0.3 is 4.79 Å². The van der Waals surface area contributed by atoms with Gasteiger partial charge in [0.2, 0.25) is 0 Å². The molecule has 0 aromatic heterocycles. The molecule has 0 heterocycles. The molecule has 0 aliphatic rings. The van der Waals surface area contributed by atoms with Crippen molar-refractivity contribution in [3.63, 3.8) is 0 Å². The van der Waals surface area contributed by atoms with Gasteiger partial charge in [-0.1, -0.05) is 6.08 Å². The molecule has 0 bridgehead atoms. The Balaban J connectivity index is 2.97. The first-order valence-electron chi connectivity index (χ1n) is 2.16. The van der Waals surface area contributed by atoms with Crippen LogP contribution in [0, 0.1) is 0 Å². The Labute approximate surface area is 44.8 Å². The van der Waals surface area contributed by atoms with Crippen LogP contribution in [0.4, 0.5) is 0 Å². The standard InChI is InChI=1S/C5H7BO/c1-2-3-4-5(6)7/h2H,1,3-4H2. The number of carbonyl (C=O) groups excluding carboxylic acids is 1. The average molecular weight is 93.9 g/mol. The topological polar surface area (TPSA) is 17.1 Å². The van der Waals surface area contributed by atoms with E-state index in [2.05, 4.69) is 6.58 Å². The molecule has 1 nitrogen and oxygen atoms in total. The molecule has 0 saturated heterocycles. The number of allylic oxidation sites excluding steroid dienone is 1. The molecule has 0 aromatic rings. The maximum atomic E-state index is 9.93. The van der Waals surface area contributed by atoms with Crippen LogP contribution in [-0.4, -0.2) is 13.5 Å². The molecule has 0 aliphatic heterocycles. The van der Waals surface area contributed by atoms with Crippen LogP contribution in [0.25, 0.3) is 0 Å². The maximum Gasteiger partial charge on any atom is 0.167 e. The van der Waals surface area contributed by atoms with Crippen LogP contribution >= 0.6 is 0 Å². The van der Waals surface area contributed by atoms with Gasteiger partial charge in [0.1, 0.15) is 0 Å². The molecule has 0 fully saturated rings. The highest BCUT2D eigenvalue weighted by Crippen LogP contribution is 1.85. The highest BCUT2D eigenvalue weighted by atomic mass is 16.1. The molecule has 2 radical (unpaired) electrons. The van der Waals surface area contributed by atoms with Crippen LogP contribution < -0.4 is 0 Å². The third-order valence-electron chi connectivity index (χ3n) is 0.595. The summed E-state index contributed by atoms with van der Waals surface area (Å²) in [5.41, 5.74) is -0.264. The minimum absolute atomic E-state index is 0.264. The van der Waals surface area contributed by atoms with E-state index in [9.17, 15) is 4.79 Å². The molecule has 2 heteroatoms. The van der Waals surface area contributed by atoms with Crippen molar-refractivity contribution in [1.29, 1.82) is 0 Å². The summed E-state index contributed by atoms with van der Waals surface area (Å²) in [7, 11) is 4.79. The molecule has 0 rings (SSSR count). The average Bonchev–Trinajstić information content (AvgIpc) is 1.61. The van der Waals surface area contributed by atoms with Gasteiger partial charge in [-0.25, -0.2) is 0 Å². The van der Waals surface area contributed by atoms with E-state index in [0.717, 1.165) is 0 Å². The van der Waals surface area contributed by atoms with Crippen LogP contribution in [0.5, 0.6) is 0 Å². The smallest absolute Gasteiger partial charge is 0.167 e. The Kier molecular flexibility index (Phi) is 3.38. The maximum absolute atomic E-state index is 9.93. The van der Waals surface area contributed by atoms with E-state index in [-0.39, 0.29) is 5.68 Å². The van der Waals surface area contributed by atoms with Crippen molar-refractivity contribution < 1.29 is 4.79 Å². The summed E-state index contributed by atoms with van der Waals surface area (Å²) in [4.78, 5) is 9.93. The van der Waals surface area contributed by atoms with Crippen LogP contribution in [0.2, 0.25) is 0 Å². The molecule has 0 saturated carbocycles. The van der Waals surface area contributed by atoms with Crippen molar-refractivity contribution in [3.05, 3.63) is 12.7 Å². The Hall–Kier alpha value is -0.525. The number of hydrogen-bond acceptors (Lipinski definition) is 1. The molecule has 0 aromatic carbocycles. The summed E-state index contributed by atoms with van der Waals surface area (Å²) in [6.45, 7) is 3.42. The monoisotopic (exact) mass is 94.1 g/mol. The molecule has 0 unspecified atom stereocenters. The Morgan fingerprint density at radius 1 is 1.86 bits per heavy atom. The van der Waals surface area contributed by atoms with Gasteiger partial charge in [-0.05, 0) is 12.8 Å². The summed E-state index contributed by atoms with van der Waals surface area (Å²) in [5.74, 6) is 0. The van der Waals surface area contributed by atoms with Gasteiger partial charge in [0.05, 0.1) is 5.68 Å². The lowest BCUT2D eigenvalue weighted by Crippen LogP contribution is -1.92. The lowest BCUT2D eigenvalue weighted by Gasteiger charge is -1.83. The second-order valence-electron chi connectivity index (χ2n) is 1.29. The van der Waals surface area contributed by atoms with Crippen molar-refractivity contribution in [1.82, 2.24) is 0 Å². The summed E-state index contributed by atoms with van der Waals surface area (Å²) in [5, 5.41) is 0. The third-order valence-corrected chi connectivity index (χ3v) is 0.595. The first-order valence-corrected chi connectivity index (χ1v) is 2.16. The van der Waals surface area contributed by atoms with Crippen LogP contribution in [0.3, 0.4) is 0 Å². The fourth-order valence-electron chi connectivity index (χ4n) is 0.244. The van der Waals surface area contributed by atoms with Gasteiger partial charge in [-0.15, -0.1) is 6.58 Å². The Morgan fingerprint density at radius 2 is 2.43 bits per heavy atom. The van der Waals surface area contributed by atoms with Gasteiger partial charge in [-0.3, -0.25) is 0 Å². The molecule has 0 atom stereocenters. The largest absolute Gasteiger partial charge is 0.313 e. The number of rotatable bonds is 3. The molecular weight excluding hydrogens is 86.9 g/mol. The highest BCUT2D eigenvalue weighted by molar-refractivity contribution is 6.57. The second kappa shape index (κ2) is 3.66. The minimum Gasteiger partial charge on any atom is -0.313 e. The molecular formula is C5H7BO. The first kappa shape index (κ1) is 6.47. The lowest BCUT2D eigenvalue weighted by molar-refractivity contribution is -0.111. The van der Waals surface area contributed by atoms with Gasteiger partial charge >= 0.3 is 0 Å². The van der Waals surface area contributed by atoms with E-state index in [1.165, 1.54) is 0 Å². The van der Waals surface area contributed by atoms with Gasteiger partial charge in [-0.2, -0.15) is 0 Å². The first-order chi connectivity index (χ1) is 3.27. The van der Waals surface area contributed by atoms with Crippen LogP contribution in [0.15, 0.2) is 12.7 Å². The van der Waals surface area contributed by atoms with E-state index < -0.39 is 0 Å². The van der Waals surface area contributed by atoms with Crippen molar-refractivity contribution in [2.45, 2.75) is 12.8 Å². The molecule has 0 amide bonds. The summed E-state index contributed by atoms with van der Waals surface area (Å²) < 4.78 is 0. The van der Waals surface area contributed by atoms with Gasteiger partial charge in [0.25, 0.3) is 0 Å². The predicted octanol–water partition coefficient (Wildman–Crippen LogP) is 0.648. The van der Waals surface area contributed by atoms with Crippen LogP contribution in [0.1, 0.15) is 12.8 Å². The van der Waals surface area contributed by atoms with Gasteiger partial charge in [0, 0.05) is 0 Å². The summed E-state index contributed by atoms with van der Waals surface area (Å²) >= 11 is 0. The van der Waals surface area contributed by atoms with E-state index in [1.54, 1.807) is 6.08 Å². The van der Waals surface area contributed by atoms with Crippen LogP contribution in [-0.2, 0) is 4.79 Å². The molecule has 0 N–H and O–H groups in total. The second-order valence-corrected chi connectivity index (χ2v) is 1.29. The normalized spacial score (nSPS) is 8.00. The zero-order valence-corrected chi connectivity index (χ0v) is 4.18. The van der Waals surface area contributed by atoms with Crippen molar-refractivity contribution in [3.8, 4) is 0 Å². The van der Waals surface area contributed by atoms with E-state index >= 15 is 0 Å². The van der Waals surface area contributed by atoms with Crippen molar-refractivity contribution in [2.75, 3.05) is 0 Å². The lowest BCUT2D eigenvalue weighted by atomic mass is 9.98. The predicted molar refractivity (Wildman–Crippen MR) is 30.2 cm³/mol. The third kappa shape index (κ3) is 5.47. The zero-order valence-electron chi connectivity index (χ0n) is 4.18. The van der Waals surface area contributed by atoms with Crippen molar-refractivity contribution in [2.24, 2.45) is 0 Å². The quantitative estimate of drug-likeness (QED) is 0.370. The fourth-order valence-corrected chi connectivity index (χ4v) is 0.244. The number of hydrogen-bond donors (Lipinski definition) is 0. The molecule has 0 spiro atoms. The SMILES string of the molecule is [B]C(=O)CCC=C. The number of carbonyl (C=O) groups is 1. The Bertz CT molecular complexity index is 78.1. The molecule has 0 aliphatic carbocycles. The fraction of sp³-hybridized carbons (Fsp3) is 0.400. The zero-order chi connectivity index (χ0) is 5.70. The minimum atomic E-state index is -0.264. The molecule has 7 heavy (non-hydrogen) atoms. The molecule has 36 valence electrons. The van der Waals surface area contributed by atoms with E-state index in [0.29, 0.717) is 12.8 Å². The summed E-state index contributed by atoms with van der Waals surface area (Å²) in [6, 6.07) is 0. The van der Waals surface area contributed by atoms with E-state index in [4.69, 9.17) is 7.85 Å². The summed E-state index contributed by atoms with van der Waals surface area (Å²) in [6.07, 6.45) is 2.78. The van der Waals surface area contributed by atoms with Gasteiger partial charge in [0.15, 0.2) is 7.85 Å². The Morgan fingerprint density at radius 3 is 2.57 bits per heavy atom. The van der Waals surface area contributed by atoms with Crippen molar-refractivity contribution >= 4 is 13.5 Å². The van der Waals surface area contributed by atoms with E-state index in [1.807, 2.05) is 0 Å². The highest BCUT2D eigenvalue weighted by Gasteiger charge is 1.85.